The number of hydrogen-bond donors (Lipinski definition) is 1. The van der Waals surface area contributed by atoms with Crippen LogP contribution in [0.15, 0.2) is 42.5 Å². The summed E-state index contributed by atoms with van der Waals surface area (Å²) >= 11 is 5.56. The van der Waals surface area contributed by atoms with Gasteiger partial charge in [-0.05, 0) is 35.9 Å². The number of alkyl halides is 3. The summed E-state index contributed by atoms with van der Waals surface area (Å²) in [6.45, 7) is 0. The van der Waals surface area contributed by atoms with Crippen molar-refractivity contribution in [3.63, 3.8) is 0 Å². The van der Waals surface area contributed by atoms with Gasteiger partial charge in [0.15, 0.2) is 0 Å². The van der Waals surface area contributed by atoms with Crippen molar-refractivity contribution in [2.24, 2.45) is 0 Å². The van der Waals surface area contributed by atoms with Crippen molar-refractivity contribution in [1.82, 2.24) is 0 Å². The number of sulfonamides is 1. The zero-order valence-electron chi connectivity index (χ0n) is 13.3. The molecule has 0 aliphatic rings. The second-order valence-electron chi connectivity index (χ2n) is 5.24. The maximum absolute atomic E-state index is 13.0. The van der Waals surface area contributed by atoms with E-state index < -0.39 is 39.2 Å². The molecule has 0 atom stereocenters. The van der Waals surface area contributed by atoms with Crippen LogP contribution in [0.25, 0.3) is 0 Å². The Labute approximate surface area is 152 Å². The number of anilines is 1. The molecule has 1 N–H and O–H groups in total. The van der Waals surface area contributed by atoms with Crippen LogP contribution in [0, 0.1) is 0 Å². The summed E-state index contributed by atoms with van der Waals surface area (Å²) in [7, 11) is -2.93. The lowest BCUT2D eigenvalue weighted by Crippen LogP contribution is -2.18. The summed E-state index contributed by atoms with van der Waals surface area (Å²) in [6, 6.07) is 8.21. The van der Waals surface area contributed by atoms with Gasteiger partial charge < -0.3 is 4.74 Å². The lowest BCUT2D eigenvalue weighted by Gasteiger charge is -2.15. The van der Waals surface area contributed by atoms with Gasteiger partial charge in [-0.3, -0.25) is 4.72 Å². The predicted octanol–water partition coefficient (Wildman–Crippen LogP) is 4.09. The molecule has 0 radical (unpaired) electrons. The molecule has 0 unspecified atom stereocenters. The monoisotopic (exact) mass is 407 g/mol. The van der Waals surface area contributed by atoms with Gasteiger partial charge in [0, 0.05) is 5.02 Å². The third-order valence-electron chi connectivity index (χ3n) is 3.28. The maximum atomic E-state index is 13.0. The van der Waals surface area contributed by atoms with Crippen LogP contribution >= 0.6 is 11.6 Å². The van der Waals surface area contributed by atoms with Gasteiger partial charge in [-0.1, -0.05) is 23.7 Å². The number of rotatable bonds is 5. The first-order chi connectivity index (χ1) is 12.0. The van der Waals surface area contributed by atoms with Crippen LogP contribution in [-0.2, 0) is 26.7 Å². The van der Waals surface area contributed by atoms with Gasteiger partial charge in [0.25, 0.3) is 0 Å². The minimum Gasteiger partial charge on any atom is -0.465 e. The van der Waals surface area contributed by atoms with Crippen LogP contribution in [0.1, 0.15) is 21.5 Å². The molecule has 10 heteroatoms. The third-order valence-corrected chi connectivity index (χ3v) is 4.76. The van der Waals surface area contributed by atoms with Crippen LogP contribution in [-0.4, -0.2) is 21.5 Å². The summed E-state index contributed by atoms with van der Waals surface area (Å²) in [5, 5.41) is -0.168. The lowest BCUT2D eigenvalue weighted by molar-refractivity contribution is -0.136. The number of benzene rings is 2. The molecule has 2 rings (SSSR count). The second-order valence-corrected chi connectivity index (χ2v) is 7.40. The van der Waals surface area contributed by atoms with E-state index in [1.807, 2.05) is 4.72 Å². The van der Waals surface area contributed by atoms with E-state index in [0.29, 0.717) is 6.07 Å². The van der Waals surface area contributed by atoms with Crippen molar-refractivity contribution < 1.29 is 31.1 Å². The van der Waals surface area contributed by atoms with Crippen molar-refractivity contribution in [2.45, 2.75) is 11.9 Å². The topological polar surface area (TPSA) is 72.5 Å². The quantitative estimate of drug-likeness (QED) is 0.758. The Morgan fingerprint density at radius 3 is 2.31 bits per heavy atom. The van der Waals surface area contributed by atoms with Crippen LogP contribution in [0.5, 0.6) is 0 Å². The molecule has 0 spiro atoms. The third kappa shape index (κ3) is 5.12. The molecule has 2 aromatic carbocycles. The number of carbonyl (C=O) groups excluding carboxylic acids is 1. The van der Waals surface area contributed by atoms with Crippen LogP contribution in [0.3, 0.4) is 0 Å². The van der Waals surface area contributed by atoms with Crippen LogP contribution in [0.2, 0.25) is 5.02 Å². The van der Waals surface area contributed by atoms with Gasteiger partial charge in [-0.2, -0.15) is 13.2 Å². The minimum absolute atomic E-state index is 0.168. The highest BCUT2D eigenvalue weighted by atomic mass is 35.5. The fraction of sp³-hybridized carbons (Fsp3) is 0.188. The molecule has 140 valence electrons. The lowest BCUT2D eigenvalue weighted by atomic mass is 10.1. The smallest absolute Gasteiger partial charge is 0.418 e. The van der Waals surface area contributed by atoms with Crippen LogP contribution < -0.4 is 4.72 Å². The first-order valence-electron chi connectivity index (χ1n) is 7.06. The molecule has 0 aliphatic carbocycles. The zero-order valence-corrected chi connectivity index (χ0v) is 14.9. The standard InChI is InChI=1S/C16H13ClF3NO4S/c1-25-15(22)11-4-2-10(3-5-11)9-26(23,24)21-14-7-6-12(17)8-13(14)16(18,19)20/h2-8,21H,9H2,1H3. The average Bonchev–Trinajstić information content (AvgIpc) is 2.55. The predicted molar refractivity (Wildman–Crippen MR) is 90.5 cm³/mol. The molecule has 0 amide bonds. The highest BCUT2D eigenvalue weighted by molar-refractivity contribution is 7.91. The largest absolute Gasteiger partial charge is 0.465 e. The second kappa shape index (κ2) is 7.55. The normalized spacial score (nSPS) is 11.9. The van der Waals surface area contributed by atoms with Crippen molar-refractivity contribution in [3.8, 4) is 0 Å². The highest BCUT2D eigenvalue weighted by Crippen LogP contribution is 2.37. The molecule has 5 nitrogen and oxygen atoms in total. The van der Waals surface area contributed by atoms with E-state index in [0.717, 1.165) is 12.1 Å². The van der Waals surface area contributed by atoms with E-state index in [9.17, 15) is 26.4 Å². The number of ether oxygens (including phenoxy) is 1. The molecule has 2 aromatic rings. The zero-order chi connectivity index (χ0) is 19.5. The van der Waals surface area contributed by atoms with Gasteiger partial charge in [-0.25, -0.2) is 13.2 Å². The van der Waals surface area contributed by atoms with Crippen molar-refractivity contribution in [2.75, 3.05) is 11.8 Å². The molecular formula is C16H13ClF3NO4S. The summed E-state index contributed by atoms with van der Waals surface area (Å²) < 4.78 is 70.0. The molecule has 0 fully saturated rings. The highest BCUT2D eigenvalue weighted by Gasteiger charge is 2.34. The van der Waals surface area contributed by atoms with Crippen LogP contribution in [0.4, 0.5) is 18.9 Å². The molecule has 0 saturated heterocycles. The van der Waals surface area contributed by atoms with Gasteiger partial charge in [0.2, 0.25) is 10.0 Å². The Balaban J connectivity index is 2.23. The van der Waals surface area contributed by atoms with Gasteiger partial charge in [0.05, 0.1) is 29.7 Å². The van der Waals surface area contributed by atoms with Gasteiger partial charge in [0.1, 0.15) is 0 Å². The summed E-state index contributed by atoms with van der Waals surface area (Å²) in [6.07, 6.45) is -4.77. The van der Waals surface area contributed by atoms with E-state index in [1.54, 1.807) is 0 Å². The number of nitrogens with one attached hydrogen (secondary N) is 1. The molecule has 0 aliphatic heterocycles. The van der Waals surface area contributed by atoms with E-state index in [2.05, 4.69) is 4.74 Å². The first kappa shape index (κ1) is 20.1. The molecule has 0 aromatic heterocycles. The van der Waals surface area contributed by atoms with Gasteiger partial charge >= 0.3 is 12.1 Å². The fourth-order valence-corrected chi connectivity index (χ4v) is 3.51. The number of methoxy groups -OCH3 is 1. The van der Waals surface area contributed by atoms with E-state index in [-0.39, 0.29) is 16.1 Å². The fourth-order valence-electron chi connectivity index (χ4n) is 2.12. The number of esters is 1. The first-order valence-corrected chi connectivity index (χ1v) is 9.09. The molecule has 0 saturated carbocycles. The van der Waals surface area contributed by atoms with E-state index >= 15 is 0 Å². The Kier molecular flexibility index (Phi) is 5.82. The summed E-state index contributed by atoms with van der Waals surface area (Å²) in [5.74, 6) is -1.16. The Bertz CT molecular complexity index is 912. The average molecular weight is 408 g/mol. The van der Waals surface area contributed by atoms with Gasteiger partial charge in [-0.15, -0.1) is 0 Å². The Morgan fingerprint density at radius 1 is 1.15 bits per heavy atom. The molecule has 0 heterocycles. The van der Waals surface area contributed by atoms with E-state index in [4.69, 9.17) is 11.6 Å². The number of halogens is 4. The number of carbonyl (C=O) groups is 1. The number of hydrogen-bond acceptors (Lipinski definition) is 4. The van der Waals surface area contributed by atoms with Crippen molar-refractivity contribution in [1.29, 1.82) is 0 Å². The molecule has 26 heavy (non-hydrogen) atoms. The molecular weight excluding hydrogens is 395 g/mol. The van der Waals surface area contributed by atoms with Crippen molar-refractivity contribution in [3.05, 3.63) is 64.2 Å². The van der Waals surface area contributed by atoms with Crippen molar-refractivity contribution >= 4 is 33.3 Å². The Hall–Kier alpha value is -2.26. The maximum Gasteiger partial charge on any atom is 0.418 e. The van der Waals surface area contributed by atoms with E-state index in [1.165, 1.54) is 31.4 Å². The Morgan fingerprint density at radius 2 is 1.77 bits per heavy atom. The minimum atomic E-state index is -4.77. The summed E-state index contributed by atoms with van der Waals surface area (Å²) in [5.41, 5.74) is -1.30. The summed E-state index contributed by atoms with van der Waals surface area (Å²) in [4.78, 5) is 11.3. The SMILES string of the molecule is COC(=O)c1ccc(CS(=O)(=O)Nc2ccc(Cl)cc2C(F)(F)F)cc1. The molecule has 0 bridgehead atoms.